The van der Waals surface area contributed by atoms with Crippen LogP contribution in [0, 0.1) is 11.8 Å². The highest BCUT2D eigenvalue weighted by Gasteiger charge is 2.40. The molecule has 3 aromatic rings. The number of phenols is 2. The number of amides is 8. The number of likely N-dealkylation sites (tertiary alicyclic amines) is 1. The number of aromatic nitrogens is 2. The van der Waals surface area contributed by atoms with Crippen molar-refractivity contribution in [1.29, 1.82) is 0 Å². The first-order chi connectivity index (χ1) is 35.2. The van der Waals surface area contributed by atoms with Crippen LogP contribution in [0.25, 0.3) is 0 Å². The van der Waals surface area contributed by atoms with E-state index in [0.29, 0.717) is 42.4 Å². The number of imidazole rings is 1. The lowest BCUT2D eigenvalue weighted by atomic mass is 9.97. The Kier molecular flexibility index (Phi) is 22.9. The molecule has 4 rings (SSSR count). The number of phenolic OH excluding ortho intramolecular Hbond substituents is 2. The highest BCUT2D eigenvalue weighted by atomic mass is 16.3. The Hall–Kier alpha value is -7.44. The van der Waals surface area contributed by atoms with Crippen molar-refractivity contribution in [1.82, 2.24) is 52.1 Å². The van der Waals surface area contributed by atoms with Gasteiger partial charge in [-0.25, -0.2) is 4.98 Å². The predicted octanol–water partition coefficient (Wildman–Crippen LogP) is -2.14. The average molecular weight is 1030 g/mol. The molecule has 0 bridgehead atoms. The second-order valence-corrected chi connectivity index (χ2v) is 18.6. The highest BCUT2D eigenvalue weighted by Crippen LogP contribution is 2.20. The number of aromatic hydroxyl groups is 2. The van der Waals surface area contributed by atoms with E-state index in [4.69, 9.17) is 5.73 Å². The van der Waals surface area contributed by atoms with Crippen LogP contribution >= 0.6 is 0 Å². The summed E-state index contributed by atoms with van der Waals surface area (Å²) < 4.78 is 0. The molecule has 2 heterocycles. The van der Waals surface area contributed by atoms with E-state index in [1.54, 1.807) is 32.9 Å². The van der Waals surface area contributed by atoms with E-state index in [9.17, 15) is 63.6 Å². The number of aliphatic hydroxyl groups excluding tert-OH is 2. The molecule has 2 aromatic carbocycles. The summed E-state index contributed by atoms with van der Waals surface area (Å²) >= 11 is 0. The van der Waals surface area contributed by atoms with Gasteiger partial charge in [-0.15, -0.1) is 0 Å². The van der Waals surface area contributed by atoms with E-state index in [2.05, 4.69) is 47.2 Å². The Morgan fingerprint density at radius 3 is 1.70 bits per heavy atom. The number of benzene rings is 2. The van der Waals surface area contributed by atoms with Crippen molar-refractivity contribution in [3.63, 3.8) is 0 Å². The smallest absolute Gasteiger partial charge is 0.245 e. The number of hydrogen-bond acceptors (Lipinski definition) is 15. The van der Waals surface area contributed by atoms with Crippen LogP contribution in [0.2, 0.25) is 0 Å². The Morgan fingerprint density at radius 2 is 1.19 bits per heavy atom. The van der Waals surface area contributed by atoms with Gasteiger partial charge in [0.1, 0.15) is 60.1 Å². The topological polar surface area (TPSA) is 377 Å². The fourth-order valence-electron chi connectivity index (χ4n) is 8.06. The van der Waals surface area contributed by atoms with Crippen molar-refractivity contribution in [3.8, 4) is 11.5 Å². The van der Waals surface area contributed by atoms with E-state index in [-0.39, 0.29) is 49.6 Å². The quantitative estimate of drug-likeness (QED) is 0.0345. The number of H-pyrrole nitrogens is 1. The van der Waals surface area contributed by atoms with Crippen LogP contribution in [0.15, 0.2) is 61.1 Å². The van der Waals surface area contributed by atoms with E-state index in [0.717, 1.165) is 0 Å². The number of rotatable bonds is 28. The van der Waals surface area contributed by atoms with Crippen LogP contribution in [0.3, 0.4) is 0 Å². The zero-order valence-corrected chi connectivity index (χ0v) is 42.2. The molecule has 1 aliphatic rings. The van der Waals surface area contributed by atoms with Crippen molar-refractivity contribution < 1.29 is 63.6 Å². The second-order valence-electron chi connectivity index (χ2n) is 18.6. The monoisotopic (exact) mass is 1030 g/mol. The van der Waals surface area contributed by atoms with Crippen LogP contribution in [0.1, 0.15) is 77.1 Å². The molecule has 1 saturated heterocycles. The summed E-state index contributed by atoms with van der Waals surface area (Å²) in [7, 11) is 0. The number of nitrogens with zero attached hydrogens (tertiary/aromatic N) is 2. The lowest BCUT2D eigenvalue weighted by molar-refractivity contribution is -0.142. The third kappa shape index (κ3) is 17.1. The minimum atomic E-state index is -1.63. The maximum absolute atomic E-state index is 14.0. The van der Waals surface area contributed by atoms with Crippen molar-refractivity contribution >= 4 is 53.5 Å². The zero-order valence-electron chi connectivity index (χ0n) is 42.2. The molecular weight excluding hydrogens is 963 g/mol. The minimum Gasteiger partial charge on any atom is -0.508 e. The molecular formula is C50H71N11O13. The van der Waals surface area contributed by atoms with E-state index >= 15 is 0 Å². The largest absolute Gasteiger partial charge is 0.508 e. The molecule has 24 heteroatoms. The molecule has 1 fully saturated rings. The maximum Gasteiger partial charge on any atom is 0.245 e. The van der Waals surface area contributed by atoms with Gasteiger partial charge in [-0.3, -0.25) is 38.4 Å². The summed E-state index contributed by atoms with van der Waals surface area (Å²) in [6, 6.07) is 0.379. The lowest BCUT2D eigenvalue weighted by Gasteiger charge is -2.31. The van der Waals surface area contributed by atoms with Gasteiger partial charge >= 0.3 is 0 Å². The van der Waals surface area contributed by atoms with Crippen molar-refractivity contribution in [2.75, 3.05) is 19.8 Å². The molecule has 74 heavy (non-hydrogen) atoms. The Morgan fingerprint density at radius 1 is 0.676 bits per heavy atom. The van der Waals surface area contributed by atoms with Gasteiger partial charge in [0.15, 0.2) is 0 Å². The second kappa shape index (κ2) is 28.7. The van der Waals surface area contributed by atoms with E-state index in [1.807, 2.05) is 6.92 Å². The summed E-state index contributed by atoms with van der Waals surface area (Å²) in [5.41, 5.74) is 7.77. The van der Waals surface area contributed by atoms with Gasteiger partial charge in [-0.1, -0.05) is 64.8 Å². The number of carbonyl (C=O) groups is 9. The first-order valence-corrected chi connectivity index (χ1v) is 24.6. The number of aldehydes is 1. The Labute approximate surface area is 428 Å². The van der Waals surface area contributed by atoms with Gasteiger partial charge < -0.3 is 78.1 Å². The molecule has 1 aliphatic heterocycles. The zero-order chi connectivity index (χ0) is 54.6. The standard InChI is InChI=1S/C50H71N11O13/c1-6-27(3)38(23-62)57-46(70)39(24-63)58-45(69)37(21-32-22-52-26-53-32)56-48(72)41-9-8-18-61(41)50(74)29(5)54-49(73)42(28(4)7-2)60-47(71)40(25-64)59-44(68)36(20-31-12-16-34(66)17-13-31)55-43(67)35(51)19-30-10-14-33(65)15-11-30/h10-17,22-23,26-29,35-42,63-66H,6-9,18-21,24-25,51H2,1-5H3,(H,52,53)(H,54,73)(H,55,67)(H,56,72)(H,57,70)(H,58,69)(H,59,68)(H,60,71)/t27-,28-,29-,35-,36-,37-,38+,39-,40-,41-,42-/m0/s1. The van der Waals surface area contributed by atoms with Gasteiger partial charge in [0, 0.05) is 31.3 Å². The first kappa shape index (κ1) is 59.1. The summed E-state index contributed by atoms with van der Waals surface area (Å²) in [5, 5.41) is 57.7. The molecule has 24 nitrogen and oxygen atoms in total. The molecule has 0 aliphatic carbocycles. The van der Waals surface area contributed by atoms with Crippen molar-refractivity contribution in [2.45, 2.75) is 134 Å². The molecule has 0 saturated carbocycles. The molecule has 0 spiro atoms. The molecule has 404 valence electrons. The van der Waals surface area contributed by atoms with Gasteiger partial charge in [-0.2, -0.15) is 0 Å². The molecule has 8 amide bonds. The molecule has 14 N–H and O–H groups in total. The number of carbonyl (C=O) groups excluding carboxylic acids is 9. The van der Waals surface area contributed by atoms with Crippen LogP contribution < -0.4 is 43.0 Å². The number of aromatic amines is 1. The number of nitrogens with two attached hydrogens (primary N) is 1. The van der Waals surface area contributed by atoms with Gasteiger partial charge in [0.25, 0.3) is 0 Å². The SMILES string of the molecule is CC[C@H](C)[C@H](NC(=O)[C@H](CO)NC(=O)[C@H](Cc1ccc(O)cc1)NC(=O)[C@@H](N)Cc1ccc(O)cc1)C(=O)N[C@@H](C)C(=O)N1CCC[C@H]1C(=O)N[C@@H](Cc1cnc[nH]1)C(=O)N[C@@H](CO)C(=O)N[C@H](C=O)[C@@H](C)CC. The third-order valence-corrected chi connectivity index (χ3v) is 13.1. The maximum atomic E-state index is 14.0. The normalized spacial score (nSPS) is 17.3. The molecule has 0 radical (unpaired) electrons. The average Bonchev–Trinajstić information content (AvgIpc) is 4.11. The molecule has 0 unspecified atom stereocenters. The lowest BCUT2D eigenvalue weighted by Crippen LogP contribution is -2.61. The Bertz CT molecular complexity index is 2370. The minimum absolute atomic E-state index is 0.0181. The highest BCUT2D eigenvalue weighted by molar-refractivity contribution is 5.98. The fourth-order valence-corrected chi connectivity index (χ4v) is 8.06. The molecule has 11 atom stereocenters. The summed E-state index contributed by atoms with van der Waals surface area (Å²) in [5.74, 6) is -7.23. The summed E-state index contributed by atoms with van der Waals surface area (Å²) in [6.45, 7) is 6.75. The van der Waals surface area contributed by atoms with Gasteiger partial charge in [0.2, 0.25) is 47.3 Å². The Balaban J connectivity index is 1.43. The van der Waals surface area contributed by atoms with E-state index in [1.165, 1.54) is 60.7 Å². The number of aliphatic hydroxyl groups is 2. The summed E-state index contributed by atoms with van der Waals surface area (Å²) in [4.78, 5) is 129. The van der Waals surface area contributed by atoms with E-state index < -0.39 is 121 Å². The van der Waals surface area contributed by atoms with Crippen LogP contribution in [-0.4, -0.2) is 163 Å². The van der Waals surface area contributed by atoms with Crippen LogP contribution in [0.4, 0.5) is 0 Å². The van der Waals surface area contributed by atoms with Crippen LogP contribution in [0.5, 0.6) is 11.5 Å². The van der Waals surface area contributed by atoms with Crippen molar-refractivity contribution in [2.24, 2.45) is 17.6 Å². The molecule has 1 aromatic heterocycles. The van der Waals surface area contributed by atoms with Crippen molar-refractivity contribution in [3.05, 3.63) is 77.9 Å². The van der Waals surface area contributed by atoms with Gasteiger partial charge in [-0.05, 0) is 73.4 Å². The first-order valence-electron chi connectivity index (χ1n) is 24.6. The predicted molar refractivity (Wildman–Crippen MR) is 267 cm³/mol. The number of hydrogen-bond donors (Lipinski definition) is 13. The third-order valence-electron chi connectivity index (χ3n) is 13.1. The fraction of sp³-hybridized carbons (Fsp3) is 0.520. The summed E-state index contributed by atoms with van der Waals surface area (Å²) in [6.07, 6.45) is 4.63. The van der Waals surface area contributed by atoms with Gasteiger partial charge in [0.05, 0.1) is 31.6 Å². The van der Waals surface area contributed by atoms with Crippen LogP contribution in [-0.2, 0) is 62.4 Å². The number of nitrogens with one attached hydrogen (secondary N) is 8.